The summed E-state index contributed by atoms with van der Waals surface area (Å²) in [4.78, 5) is 34.1. The third-order valence-corrected chi connectivity index (χ3v) is 4.21. The quantitative estimate of drug-likeness (QED) is 0.282. The second-order valence-electron chi connectivity index (χ2n) is 5.76. The summed E-state index contributed by atoms with van der Waals surface area (Å²) in [6.07, 6.45) is 2.55. The maximum absolute atomic E-state index is 11.9. The molecule has 10 heteroatoms. The number of nitrogens with one attached hydrogen (secondary N) is 1. The van der Waals surface area contributed by atoms with Gasteiger partial charge >= 0.3 is 11.9 Å². The van der Waals surface area contributed by atoms with Gasteiger partial charge < -0.3 is 19.5 Å². The second kappa shape index (κ2) is 10.3. The number of nitrogens with zero attached hydrogens (tertiary/aromatic N) is 1. The van der Waals surface area contributed by atoms with E-state index in [1.165, 1.54) is 50.6 Å². The highest BCUT2D eigenvalue weighted by atomic mass is 35.5. The molecule has 0 aliphatic carbocycles. The van der Waals surface area contributed by atoms with Crippen molar-refractivity contribution in [1.29, 1.82) is 0 Å². The number of benzene rings is 2. The molecule has 0 spiro atoms. The van der Waals surface area contributed by atoms with Crippen molar-refractivity contribution in [3.8, 4) is 5.75 Å². The smallest absolute Gasteiger partial charge is 0.341 e. The van der Waals surface area contributed by atoms with Crippen LogP contribution in [0.3, 0.4) is 0 Å². The number of nitro benzene ring substituents is 1. The Kier molecular flexibility index (Phi) is 7.76. The van der Waals surface area contributed by atoms with Crippen LogP contribution in [0.15, 0.2) is 36.4 Å². The maximum atomic E-state index is 11.9. The van der Waals surface area contributed by atoms with Gasteiger partial charge in [0, 0.05) is 35.5 Å². The van der Waals surface area contributed by atoms with Gasteiger partial charge in [0.15, 0.2) is 0 Å². The SMILES string of the molecule is CCOC(=O)/C=C/c1cc([N+](=O)[O-])ccc1Nc1cc(OC)c(C(=O)OC)cc1Cl. The fourth-order valence-corrected chi connectivity index (χ4v) is 2.71. The zero-order valence-corrected chi connectivity index (χ0v) is 17.2. The molecule has 1 N–H and O–H groups in total. The number of esters is 2. The van der Waals surface area contributed by atoms with E-state index >= 15 is 0 Å². The van der Waals surface area contributed by atoms with E-state index in [0.29, 0.717) is 16.9 Å². The lowest BCUT2D eigenvalue weighted by Gasteiger charge is -2.14. The minimum absolute atomic E-state index is 0.140. The third-order valence-electron chi connectivity index (χ3n) is 3.90. The van der Waals surface area contributed by atoms with E-state index in [1.807, 2.05) is 0 Å². The number of non-ortho nitro benzene ring substituents is 1. The molecule has 0 amide bonds. The average Bonchev–Trinajstić information content (AvgIpc) is 2.73. The van der Waals surface area contributed by atoms with Crippen LogP contribution in [-0.4, -0.2) is 37.7 Å². The lowest BCUT2D eigenvalue weighted by molar-refractivity contribution is -0.384. The number of rotatable bonds is 8. The zero-order chi connectivity index (χ0) is 22.3. The molecule has 0 heterocycles. The summed E-state index contributed by atoms with van der Waals surface area (Å²) in [5.74, 6) is -0.981. The number of nitro groups is 1. The van der Waals surface area contributed by atoms with Crippen LogP contribution in [0.5, 0.6) is 5.75 Å². The van der Waals surface area contributed by atoms with Crippen LogP contribution < -0.4 is 10.1 Å². The Labute approximate surface area is 177 Å². The first-order valence-electron chi connectivity index (χ1n) is 8.66. The van der Waals surface area contributed by atoms with Gasteiger partial charge in [0.05, 0.1) is 36.5 Å². The van der Waals surface area contributed by atoms with Gasteiger partial charge in [-0.25, -0.2) is 9.59 Å². The fourth-order valence-electron chi connectivity index (χ4n) is 2.50. The summed E-state index contributed by atoms with van der Waals surface area (Å²) < 4.78 is 14.8. The Morgan fingerprint density at radius 3 is 2.53 bits per heavy atom. The molecule has 2 aromatic rings. The molecule has 0 saturated heterocycles. The van der Waals surface area contributed by atoms with Crippen molar-refractivity contribution >= 4 is 46.7 Å². The normalized spacial score (nSPS) is 10.5. The molecule has 0 aliphatic rings. The number of carbonyl (C=O) groups is 2. The van der Waals surface area contributed by atoms with Crippen LogP contribution in [0, 0.1) is 10.1 Å². The molecule has 0 saturated carbocycles. The zero-order valence-electron chi connectivity index (χ0n) is 16.4. The van der Waals surface area contributed by atoms with Crippen LogP contribution in [0.1, 0.15) is 22.8 Å². The minimum Gasteiger partial charge on any atom is -0.496 e. The number of carbonyl (C=O) groups excluding carboxylic acids is 2. The lowest BCUT2D eigenvalue weighted by Crippen LogP contribution is -2.05. The van der Waals surface area contributed by atoms with Crippen molar-refractivity contribution in [3.63, 3.8) is 0 Å². The van der Waals surface area contributed by atoms with Gasteiger partial charge in [-0.2, -0.15) is 0 Å². The third kappa shape index (κ3) is 5.48. The highest BCUT2D eigenvalue weighted by Gasteiger charge is 2.17. The van der Waals surface area contributed by atoms with E-state index in [-0.39, 0.29) is 28.6 Å². The van der Waals surface area contributed by atoms with E-state index < -0.39 is 16.9 Å². The maximum Gasteiger partial charge on any atom is 0.341 e. The molecule has 0 bridgehead atoms. The van der Waals surface area contributed by atoms with Crippen molar-refractivity contribution < 1.29 is 28.7 Å². The van der Waals surface area contributed by atoms with Gasteiger partial charge in [-0.15, -0.1) is 0 Å². The number of methoxy groups -OCH3 is 2. The Morgan fingerprint density at radius 2 is 1.93 bits per heavy atom. The second-order valence-corrected chi connectivity index (χ2v) is 6.17. The first kappa shape index (κ1) is 22.7. The number of hydrogen-bond acceptors (Lipinski definition) is 8. The first-order valence-corrected chi connectivity index (χ1v) is 9.04. The van der Waals surface area contributed by atoms with E-state index in [2.05, 4.69) is 5.32 Å². The van der Waals surface area contributed by atoms with Crippen molar-refractivity contribution in [2.45, 2.75) is 6.92 Å². The number of ether oxygens (including phenoxy) is 3. The molecular weight excluding hydrogens is 416 g/mol. The summed E-state index contributed by atoms with van der Waals surface area (Å²) in [5, 5.41) is 14.3. The van der Waals surface area contributed by atoms with Crippen LogP contribution in [0.4, 0.5) is 17.1 Å². The Balaban J connectivity index is 2.47. The van der Waals surface area contributed by atoms with Crippen molar-refractivity contribution in [2.24, 2.45) is 0 Å². The summed E-state index contributed by atoms with van der Waals surface area (Å²) >= 11 is 6.29. The molecule has 0 aromatic heterocycles. The molecule has 2 rings (SSSR count). The summed E-state index contributed by atoms with van der Waals surface area (Å²) in [7, 11) is 2.62. The Bertz CT molecular complexity index is 1000. The Morgan fingerprint density at radius 1 is 1.20 bits per heavy atom. The molecule has 0 aliphatic heterocycles. The molecule has 158 valence electrons. The average molecular weight is 435 g/mol. The van der Waals surface area contributed by atoms with Gasteiger partial charge in [-0.3, -0.25) is 10.1 Å². The molecular formula is C20H19ClN2O7. The van der Waals surface area contributed by atoms with Gasteiger partial charge in [0.2, 0.25) is 0 Å². The number of hydrogen-bond donors (Lipinski definition) is 1. The monoisotopic (exact) mass is 434 g/mol. The first-order chi connectivity index (χ1) is 14.3. The summed E-state index contributed by atoms with van der Waals surface area (Å²) in [6.45, 7) is 1.87. The molecule has 0 fully saturated rings. The highest BCUT2D eigenvalue weighted by Crippen LogP contribution is 2.35. The van der Waals surface area contributed by atoms with E-state index in [0.717, 1.165) is 6.08 Å². The molecule has 9 nitrogen and oxygen atoms in total. The predicted molar refractivity (Wildman–Crippen MR) is 111 cm³/mol. The number of halogens is 1. The Hall–Kier alpha value is -3.59. The summed E-state index contributed by atoms with van der Waals surface area (Å²) in [5.41, 5.74) is 1.14. The van der Waals surface area contributed by atoms with Crippen LogP contribution >= 0.6 is 11.6 Å². The largest absolute Gasteiger partial charge is 0.496 e. The van der Waals surface area contributed by atoms with Crippen molar-refractivity contribution in [3.05, 3.63) is 62.7 Å². The molecule has 0 unspecified atom stereocenters. The van der Waals surface area contributed by atoms with Gasteiger partial charge in [0.1, 0.15) is 11.3 Å². The van der Waals surface area contributed by atoms with Gasteiger partial charge in [0.25, 0.3) is 5.69 Å². The fraction of sp³-hybridized carbons (Fsp3) is 0.200. The topological polar surface area (TPSA) is 117 Å². The molecule has 30 heavy (non-hydrogen) atoms. The van der Waals surface area contributed by atoms with Crippen LogP contribution in [0.2, 0.25) is 5.02 Å². The minimum atomic E-state index is -0.617. The van der Waals surface area contributed by atoms with Crippen LogP contribution in [-0.2, 0) is 14.3 Å². The van der Waals surface area contributed by atoms with E-state index in [4.69, 9.17) is 25.8 Å². The summed E-state index contributed by atoms with van der Waals surface area (Å²) in [6, 6.07) is 6.95. The molecule has 0 atom stereocenters. The molecule has 0 radical (unpaired) electrons. The van der Waals surface area contributed by atoms with Crippen molar-refractivity contribution in [1.82, 2.24) is 0 Å². The molecule has 2 aromatic carbocycles. The van der Waals surface area contributed by atoms with Gasteiger partial charge in [-0.05, 0) is 25.1 Å². The van der Waals surface area contributed by atoms with Crippen LogP contribution in [0.25, 0.3) is 6.08 Å². The standard InChI is InChI=1S/C20H19ClN2O7/c1-4-30-19(24)8-5-12-9-13(23(26)27)6-7-16(12)22-17-11-18(28-2)14(10-15(17)21)20(25)29-3/h5-11,22H,4H2,1-3H3/b8-5+. The van der Waals surface area contributed by atoms with Gasteiger partial charge in [-0.1, -0.05) is 11.6 Å². The van der Waals surface area contributed by atoms with E-state index in [9.17, 15) is 19.7 Å². The van der Waals surface area contributed by atoms with Crippen molar-refractivity contribution in [2.75, 3.05) is 26.1 Å². The number of anilines is 2. The predicted octanol–water partition coefficient (Wildman–Crippen LogP) is 4.36. The highest BCUT2D eigenvalue weighted by molar-refractivity contribution is 6.33. The lowest BCUT2D eigenvalue weighted by atomic mass is 10.1. The van der Waals surface area contributed by atoms with E-state index in [1.54, 1.807) is 6.92 Å².